The van der Waals surface area contributed by atoms with Crippen LogP contribution in [0.15, 0.2) is 47.3 Å². The van der Waals surface area contributed by atoms with Gasteiger partial charge >= 0.3 is 11.9 Å². The van der Waals surface area contributed by atoms with Gasteiger partial charge in [0, 0.05) is 12.6 Å². The zero-order valence-electron chi connectivity index (χ0n) is 15.6. The second-order valence-electron chi connectivity index (χ2n) is 6.58. The zero-order chi connectivity index (χ0) is 20.5. The second kappa shape index (κ2) is 7.49. The van der Waals surface area contributed by atoms with Gasteiger partial charge in [0.1, 0.15) is 12.4 Å². The quantitative estimate of drug-likeness (QED) is 0.665. The van der Waals surface area contributed by atoms with E-state index < -0.39 is 17.4 Å². The number of para-hydroxylation sites is 1. The zero-order valence-corrected chi connectivity index (χ0v) is 15.6. The summed E-state index contributed by atoms with van der Waals surface area (Å²) >= 11 is 0. The molecule has 1 heterocycles. The molecule has 0 atom stereocenters. The molecule has 3 rings (SSSR count). The lowest BCUT2D eigenvalue weighted by Crippen LogP contribution is -2.23. The molecule has 0 unspecified atom stereocenters. The Morgan fingerprint density at radius 1 is 1.07 bits per heavy atom. The molecule has 0 aliphatic heterocycles. The molecule has 0 bridgehead atoms. The fourth-order valence-electron chi connectivity index (χ4n) is 2.93. The van der Waals surface area contributed by atoms with Crippen molar-refractivity contribution in [2.45, 2.75) is 32.5 Å². The first-order valence-corrected chi connectivity index (χ1v) is 8.60. The van der Waals surface area contributed by atoms with Crippen molar-refractivity contribution in [3.05, 3.63) is 69.6 Å². The standard InChI is InChI=1S/C19H19F3N4O2/c1-12(2)13-7-6-9-16(26-18(27)25(3)23-24-26)14(13)11-28-17-10-5-4-8-15(17)19(20,21)22/h4-10,12H,11H2,1-3H3. The maximum Gasteiger partial charge on any atom is 0.419 e. The van der Waals surface area contributed by atoms with E-state index in [1.165, 1.54) is 25.2 Å². The number of aryl methyl sites for hydroxylation is 1. The fraction of sp³-hybridized carbons (Fsp3) is 0.316. The Balaban J connectivity index is 2.05. The van der Waals surface area contributed by atoms with Gasteiger partial charge in [-0.2, -0.15) is 22.5 Å². The van der Waals surface area contributed by atoms with Gasteiger partial charge in [-0.25, -0.2) is 4.79 Å². The van der Waals surface area contributed by atoms with Crippen LogP contribution in [0.1, 0.15) is 36.5 Å². The van der Waals surface area contributed by atoms with Crippen LogP contribution in [-0.4, -0.2) is 19.8 Å². The van der Waals surface area contributed by atoms with Crippen molar-refractivity contribution in [3.63, 3.8) is 0 Å². The normalized spacial score (nSPS) is 11.8. The molecule has 28 heavy (non-hydrogen) atoms. The number of alkyl halides is 3. The van der Waals surface area contributed by atoms with Gasteiger partial charge in [0.05, 0.1) is 11.3 Å². The number of nitrogens with zero attached hydrogens (tertiary/aromatic N) is 4. The molecule has 0 saturated heterocycles. The largest absolute Gasteiger partial charge is 0.488 e. The molecule has 1 aromatic heterocycles. The van der Waals surface area contributed by atoms with Gasteiger partial charge in [-0.15, -0.1) is 0 Å². The molecule has 0 fully saturated rings. The molecular formula is C19H19F3N4O2. The van der Waals surface area contributed by atoms with E-state index in [4.69, 9.17) is 4.74 Å². The number of halogens is 3. The molecule has 6 nitrogen and oxygen atoms in total. The Morgan fingerprint density at radius 2 is 1.79 bits per heavy atom. The monoisotopic (exact) mass is 392 g/mol. The highest BCUT2D eigenvalue weighted by atomic mass is 19.4. The third-order valence-corrected chi connectivity index (χ3v) is 4.32. The number of rotatable bonds is 5. The third kappa shape index (κ3) is 3.78. The number of aromatic nitrogens is 4. The van der Waals surface area contributed by atoms with Gasteiger partial charge < -0.3 is 4.74 Å². The van der Waals surface area contributed by atoms with Crippen molar-refractivity contribution in [3.8, 4) is 11.4 Å². The van der Waals surface area contributed by atoms with Crippen molar-refractivity contribution in [1.29, 1.82) is 0 Å². The highest BCUT2D eigenvalue weighted by Gasteiger charge is 2.34. The lowest BCUT2D eigenvalue weighted by Gasteiger charge is -2.19. The van der Waals surface area contributed by atoms with E-state index in [9.17, 15) is 18.0 Å². The minimum Gasteiger partial charge on any atom is -0.488 e. The maximum absolute atomic E-state index is 13.2. The molecule has 0 amide bonds. The van der Waals surface area contributed by atoms with Gasteiger partial charge in [0.2, 0.25) is 0 Å². The van der Waals surface area contributed by atoms with Crippen LogP contribution in [-0.2, 0) is 19.8 Å². The second-order valence-corrected chi connectivity index (χ2v) is 6.58. The summed E-state index contributed by atoms with van der Waals surface area (Å²) in [5.41, 5.74) is 0.540. The molecule has 0 N–H and O–H groups in total. The summed E-state index contributed by atoms with van der Waals surface area (Å²) in [5, 5.41) is 7.54. The van der Waals surface area contributed by atoms with Gasteiger partial charge in [-0.1, -0.05) is 38.1 Å². The smallest absolute Gasteiger partial charge is 0.419 e. The molecule has 3 aromatic rings. The number of ether oxygens (including phenoxy) is 1. The predicted octanol–water partition coefficient (Wildman–Crippen LogP) is 3.69. The Kier molecular flexibility index (Phi) is 5.26. The summed E-state index contributed by atoms with van der Waals surface area (Å²) in [7, 11) is 1.47. The predicted molar refractivity (Wildman–Crippen MR) is 96.5 cm³/mol. The maximum atomic E-state index is 13.2. The summed E-state index contributed by atoms with van der Waals surface area (Å²) < 4.78 is 47.5. The van der Waals surface area contributed by atoms with Crippen molar-refractivity contribution in [1.82, 2.24) is 19.8 Å². The summed E-state index contributed by atoms with van der Waals surface area (Å²) in [6.07, 6.45) is -4.53. The van der Waals surface area contributed by atoms with Crippen LogP contribution >= 0.6 is 0 Å². The van der Waals surface area contributed by atoms with Crippen molar-refractivity contribution < 1.29 is 17.9 Å². The van der Waals surface area contributed by atoms with Gasteiger partial charge in [-0.3, -0.25) is 0 Å². The van der Waals surface area contributed by atoms with Crippen LogP contribution in [0.5, 0.6) is 5.75 Å². The Morgan fingerprint density at radius 3 is 2.39 bits per heavy atom. The van der Waals surface area contributed by atoms with E-state index in [1.54, 1.807) is 12.1 Å². The topological polar surface area (TPSA) is 61.9 Å². The van der Waals surface area contributed by atoms with Gasteiger partial charge in [-0.05, 0) is 40.1 Å². The Bertz CT molecular complexity index is 1040. The lowest BCUT2D eigenvalue weighted by molar-refractivity contribution is -0.139. The summed E-state index contributed by atoms with van der Waals surface area (Å²) in [6, 6.07) is 10.3. The summed E-state index contributed by atoms with van der Waals surface area (Å²) in [4.78, 5) is 12.3. The minimum atomic E-state index is -4.53. The van der Waals surface area contributed by atoms with E-state index in [-0.39, 0.29) is 18.3 Å². The highest BCUT2D eigenvalue weighted by Crippen LogP contribution is 2.36. The van der Waals surface area contributed by atoms with Crippen LogP contribution in [0.4, 0.5) is 13.2 Å². The molecule has 0 aliphatic rings. The fourth-order valence-corrected chi connectivity index (χ4v) is 2.93. The molecule has 0 spiro atoms. The molecule has 0 aliphatic carbocycles. The number of benzene rings is 2. The Hall–Kier alpha value is -3.10. The van der Waals surface area contributed by atoms with Crippen LogP contribution in [0.3, 0.4) is 0 Å². The molecule has 148 valence electrons. The van der Waals surface area contributed by atoms with E-state index in [1.807, 2.05) is 19.9 Å². The Labute approximate surface area is 159 Å². The number of hydrogen-bond donors (Lipinski definition) is 0. The van der Waals surface area contributed by atoms with E-state index in [2.05, 4.69) is 10.4 Å². The molecule has 0 saturated carbocycles. The van der Waals surface area contributed by atoms with E-state index in [0.29, 0.717) is 11.3 Å². The van der Waals surface area contributed by atoms with Crippen molar-refractivity contribution in [2.24, 2.45) is 7.05 Å². The molecule has 9 heteroatoms. The molecule has 2 aromatic carbocycles. The molecule has 0 radical (unpaired) electrons. The average Bonchev–Trinajstić information content (AvgIpc) is 2.98. The van der Waals surface area contributed by atoms with Crippen molar-refractivity contribution >= 4 is 0 Å². The van der Waals surface area contributed by atoms with Gasteiger partial charge in [0.15, 0.2) is 0 Å². The van der Waals surface area contributed by atoms with Crippen LogP contribution in [0.2, 0.25) is 0 Å². The van der Waals surface area contributed by atoms with Gasteiger partial charge in [0.25, 0.3) is 0 Å². The third-order valence-electron chi connectivity index (χ3n) is 4.32. The van der Waals surface area contributed by atoms with Crippen LogP contribution < -0.4 is 10.4 Å². The number of tetrazole rings is 1. The molecular weight excluding hydrogens is 373 g/mol. The van der Waals surface area contributed by atoms with Crippen LogP contribution in [0.25, 0.3) is 5.69 Å². The first-order chi connectivity index (χ1) is 13.2. The van der Waals surface area contributed by atoms with Crippen molar-refractivity contribution in [2.75, 3.05) is 0 Å². The first kappa shape index (κ1) is 19.7. The van der Waals surface area contributed by atoms with Crippen LogP contribution in [0, 0.1) is 0 Å². The number of hydrogen-bond acceptors (Lipinski definition) is 4. The first-order valence-electron chi connectivity index (χ1n) is 8.60. The lowest BCUT2D eigenvalue weighted by atomic mass is 9.96. The average molecular weight is 392 g/mol. The summed E-state index contributed by atoms with van der Waals surface area (Å²) in [6.45, 7) is 3.75. The van der Waals surface area contributed by atoms with E-state index in [0.717, 1.165) is 21.0 Å². The summed E-state index contributed by atoms with van der Waals surface area (Å²) in [5.74, 6) is -0.213. The van der Waals surface area contributed by atoms with E-state index >= 15 is 0 Å². The highest BCUT2D eigenvalue weighted by molar-refractivity contribution is 5.47. The minimum absolute atomic E-state index is 0.0591. The SMILES string of the molecule is CC(C)c1cccc(-n2nnn(C)c2=O)c1COc1ccccc1C(F)(F)F.